The number of halogens is 2. The highest BCUT2D eigenvalue weighted by Gasteiger charge is 2.43. The quantitative estimate of drug-likeness (QED) is 0.0771. The van der Waals surface area contributed by atoms with Gasteiger partial charge in [0.05, 0.1) is 12.4 Å². The van der Waals surface area contributed by atoms with Gasteiger partial charge in [0.15, 0.2) is 24.4 Å². The number of ether oxygens (including phenoxy) is 4. The minimum absolute atomic E-state index is 0.0450. The Kier molecular flexibility index (Phi) is 24.6. The van der Waals surface area contributed by atoms with Crippen molar-refractivity contribution in [3.05, 3.63) is 130 Å². The van der Waals surface area contributed by atoms with E-state index in [1.54, 1.807) is 60.9 Å². The van der Waals surface area contributed by atoms with Crippen LogP contribution in [0.2, 0.25) is 0 Å². The van der Waals surface area contributed by atoms with Crippen LogP contribution in [-0.4, -0.2) is 154 Å². The predicted molar refractivity (Wildman–Crippen MR) is 309 cm³/mol. The molecule has 5 rings (SSSR count). The molecule has 4 amide bonds. The van der Waals surface area contributed by atoms with Crippen molar-refractivity contribution in [2.45, 2.75) is 169 Å². The molecule has 0 aliphatic carbocycles. The first-order valence-corrected chi connectivity index (χ1v) is 28.8. The molecule has 18 nitrogen and oxygen atoms in total. The summed E-state index contributed by atoms with van der Waals surface area (Å²) in [4.78, 5) is 130. The van der Waals surface area contributed by atoms with E-state index in [1.165, 1.54) is 54.2 Å². The van der Waals surface area contributed by atoms with Crippen LogP contribution in [0.3, 0.4) is 0 Å². The van der Waals surface area contributed by atoms with Crippen molar-refractivity contribution in [2.75, 3.05) is 28.2 Å². The number of esters is 4. The molecule has 20 heteroatoms. The Morgan fingerprint density at radius 1 is 0.393 bits per heavy atom. The summed E-state index contributed by atoms with van der Waals surface area (Å²) >= 11 is 0. The lowest BCUT2D eigenvalue weighted by atomic mass is 9.99. The molecule has 1 aliphatic heterocycles. The standard InChI is InChI=1S/C64H84F2N6O12/c1-37(2)23-51-61(77)81-41(9)57(73)69(11)54(26-40(7)8)64(80)84-56(32-46-21-17-44(18-22-46)28-48-30-50(66)36-68-34-48)60(76)72(14)52(24-38(3)4)62(78)82-42(10)58(74)70(12)53(25-39(5)6)63(79)83-55(59(75)71(51)13)31-45-19-15-43(16-20-45)27-47-29-49(65)35-67-33-47/h15-22,29-30,33-42,51-56H,23-28,31-32H2,1-14H3/t41-,42-,51+,52+,53+,54+,55-,56-/m1/s1. The summed E-state index contributed by atoms with van der Waals surface area (Å²) in [6.07, 6.45) is -0.428. The van der Waals surface area contributed by atoms with Gasteiger partial charge in [0.1, 0.15) is 35.8 Å². The zero-order valence-electron chi connectivity index (χ0n) is 51.0. The highest BCUT2D eigenvalue weighted by Crippen LogP contribution is 2.25. The van der Waals surface area contributed by atoms with E-state index >= 15 is 9.59 Å². The minimum atomic E-state index is -1.59. The van der Waals surface area contributed by atoms with Gasteiger partial charge in [0, 0.05) is 53.4 Å². The van der Waals surface area contributed by atoms with Crippen molar-refractivity contribution in [3.8, 4) is 0 Å². The van der Waals surface area contributed by atoms with Crippen molar-refractivity contribution >= 4 is 47.5 Å². The van der Waals surface area contributed by atoms with Gasteiger partial charge in [-0.25, -0.2) is 28.0 Å². The summed E-state index contributed by atoms with van der Waals surface area (Å²) in [6, 6.07) is 11.5. The van der Waals surface area contributed by atoms with Gasteiger partial charge in [-0.05, 0) is 122 Å². The fourth-order valence-corrected chi connectivity index (χ4v) is 10.1. The first-order valence-electron chi connectivity index (χ1n) is 28.8. The molecular formula is C64H84F2N6O12. The average Bonchev–Trinajstić information content (AvgIpc) is 3.58. The van der Waals surface area contributed by atoms with E-state index in [9.17, 15) is 37.5 Å². The molecule has 4 aromatic rings. The molecule has 0 radical (unpaired) electrons. The van der Waals surface area contributed by atoms with Crippen molar-refractivity contribution in [3.63, 3.8) is 0 Å². The van der Waals surface area contributed by atoms with Gasteiger partial charge >= 0.3 is 23.9 Å². The average molecular weight is 1170 g/mol. The first kappa shape index (κ1) is 67.2. The number of nitrogens with zero attached hydrogens (tertiary/aromatic N) is 6. The predicted octanol–water partition coefficient (Wildman–Crippen LogP) is 7.91. The third-order valence-corrected chi connectivity index (χ3v) is 14.7. The van der Waals surface area contributed by atoms with Crippen LogP contribution in [0.15, 0.2) is 85.5 Å². The second-order valence-corrected chi connectivity index (χ2v) is 23.8. The second-order valence-electron chi connectivity index (χ2n) is 23.8. The number of carbonyl (C=O) groups excluding carboxylic acids is 8. The number of likely N-dealkylation sites (N-methyl/N-ethyl adjacent to an activating group) is 4. The lowest BCUT2D eigenvalue weighted by molar-refractivity contribution is -0.176. The third-order valence-electron chi connectivity index (χ3n) is 14.7. The van der Waals surface area contributed by atoms with Crippen LogP contribution in [0.1, 0.15) is 128 Å². The van der Waals surface area contributed by atoms with Crippen LogP contribution in [0, 0.1) is 35.3 Å². The molecule has 0 spiro atoms. The molecule has 456 valence electrons. The molecular weight excluding hydrogens is 1080 g/mol. The molecule has 0 saturated carbocycles. The van der Waals surface area contributed by atoms with Crippen LogP contribution in [0.25, 0.3) is 0 Å². The Hall–Kier alpha value is -7.64. The van der Waals surface area contributed by atoms with Crippen LogP contribution >= 0.6 is 0 Å². The van der Waals surface area contributed by atoms with Gasteiger partial charge in [-0.15, -0.1) is 0 Å². The van der Waals surface area contributed by atoms with Gasteiger partial charge in [-0.2, -0.15) is 0 Å². The fourth-order valence-electron chi connectivity index (χ4n) is 10.1. The zero-order chi connectivity index (χ0) is 62.3. The van der Waals surface area contributed by atoms with Gasteiger partial charge in [0.25, 0.3) is 23.6 Å². The van der Waals surface area contributed by atoms with E-state index in [-0.39, 0.29) is 62.2 Å². The SMILES string of the molecule is CC(C)C[C@H]1C(=O)O[C@H](Cc2ccc(Cc3cncc(F)c3)cc2)C(=O)N(C)[C@@H](CC(C)C)C(=O)O[C@H](C)C(=O)N(C)[C@@H](CC(C)C)C(=O)O[C@H](Cc2ccc(Cc3cncc(F)c3)cc2)C(=O)N(C)[C@@H](CC(C)C)C(=O)O[C@H](C)C(=O)N1C. The van der Waals surface area contributed by atoms with Gasteiger partial charge < -0.3 is 38.5 Å². The number of hydrogen-bond donors (Lipinski definition) is 0. The van der Waals surface area contributed by atoms with Gasteiger partial charge in [0.2, 0.25) is 0 Å². The summed E-state index contributed by atoms with van der Waals surface area (Å²) in [5.74, 6) is -8.87. The molecule has 2 aromatic heterocycles. The van der Waals surface area contributed by atoms with Crippen molar-refractivity contribution < 1.29 is 66.1 Å². The normalized spacial score (nSPS) is 22.6. The lowest BCUT2D eigenvalue weighted by Crippen LogP contribution is -2.55. The summed E-state index contributed by atoms with van der Waals surface area (Å²) in [5, 5.41) is 0. The van der Waals surface area contributed by atoms with Gasteiger partial charge in [-0.1, -0.05) is 104 Å². The number of benzene rings is 2. The summed E-state index contributed by atoms with van der Waals surface area (Å²) in [7, 11) is 5.44. The molecule has 1 saturated heterocycles. The van der Waals surface area contributed by atoms with E-state index in [0.29, 0.717) is 35.1 Å². The third kappa shape index (κ3) is 19.2. The Bertz CT molecular complexity index is 2710. The topological polar surface area (TPSA) is 212 Å². The fraction of sp³-hybridized carbons (Fsp3) is 0.531. The van der Waals surface area contributed by atoms with Crippen LogP contribution < -0.4 is 0 Å². The van der Waals surface area contributed by atoms with E-state index in [2.05, 4.69) is 9.97 Å². The van der Waals surface area contributed by atoms with E-state index in [0.717, 1.165) is 43.1 Å². The summed E-state index contributed by atoms with van der Waals surface area (Å²) in [5.41, 5.74) is 3.94. The van der Waals surface area contributed by atoms with E-state index in [4.69, 9.17) is 18.9 Å². The Balaban J connectivity index is 1.59. The Labute approximate surface area is 492 Å². The van der Waals surface area contributed by atoms with E-state index < -0.39 is 108 Å². The molecule has 2 aromatic carbocycles. The summed E-state index contributed by atoms with van der Waals surface area (Å²) in [6.45, 7) is 17.3. The Morgan fingerprint density at radius 2 is 0.655 bits per heavy atom. The van der Waals surface area contributed by atoms with Gasteiger partial charge in [-0.3, -0.25) is 29.1 Å². The lowest BCUT2D eigenvalue weighted by Gasteiger charge is -2.35. The number of rotatable bonds is 16. The Morgan fingerprint density at radius 3 is 0.929 bits per heavy atom. The molecule has 0 N–H and O–H groups in total. The summed E-state index contributed by atoms with van der Waals surface area (Å²) < 4.78 is 52.1. The maximum atomic E-state index is 15.0. The van der Waals surface area contributed by atoms with Crippen molar-refractivity contribution in [2.24, 2.45) is 23.7 Å². The second kappa shape index (κ2) is 30.8. The zero-order valence-corrected chi connectivity index (χ0v) is 51.0. The number of amides is 4. The van der Waals surface area contributed by atoms with Crippen molar-refractivity contribution in [1.29, 1.82) is 0 Å². The number of carbonyl (C=O) groups is 8. The minimum Gasteiger partial charge on any atom is -0.451 e. The molecule has 8 atom stereocenters. The van der Waals surface area contributed by atoms with Crippen LogP contribution in [-0.2, 0) is 83.0 Å². The molecule has 0 unspecified atom stereocenters. The monoisotopic (exact) mass is 1170 g/mol. The van der Waals surface area contributed by atoms with Crippen LogP contribution in [0.4, 0.5) is 8.78 Å². The van der Waals surface area contributed by atoms with Crippen molar-refractivity contribution in [1.82, 2.24) is 29.6 Å². The molecule has 1 aliphatic rings. The number of pyridine rings is 2. The maximum Gasteiger partial charge on any atom is 0.329 e. The molecule has 0 bridgehead atoms. The number of aromatic nitrogens is 2. The largest absolute Gasteiger partial charge is 0.451 e. The van der Waals surface area contributed by atoms with Crippen LogP contribution in [0.5, 0.6) is 0 Å². The number of hydrogen-bond acceptors (Lipinski definition) is 14. The van der Waals surface area contributed by atoms with E-state index in [1.807, 2.05) is 55.4 Å². The highest BCUT2D eigenvalue weighted by atomic mass is 19.1. The first-order chi connectivity index (χ1) is 39.5. The molecule has 1 fully saturated rings. The highest BCUT2D eigenvalue weighted by molar-refractivity contribution is 5.94. The molecule has 3 heterocycles. The molecule has 84 heavy (non-hydrogen) atoms. The smallest absolute Gasteiger partial charge is 0.329 e. The number of cyclic esters (lactones) is 4. The maximum absolute atomic E-state index is 15.0.